The van der Waals surface area contributed by atoms with E-state index in [0.717, 1.165) is 71.9 Å². The number of hydrogen-bond acceptors (Lipinski definition) is 5. The monoisotopic (exact) mass is 561 g/mol. The van der Waals surface area contributed by atoms with Crippen molar-refractivity contribution >= 4 is 21.7 Å². The van der Waals surface area contributed by atoms with Crippen LogP contribution in [0.3, 0.4) is 0 Å². The molecule has 1 aromatic rings. The smallest absolute Gasteiger partial charge is 0.155 e. The molecule has 6 heteroatoms. The van der Waals surface area contributed by atoms with Crippen molar-refractivity contribution in [1.82, 2.24) is 0 Å². The van der Waals surface area contributed by atoms with Crippen molar-refractivity contribution in [3.63, 3.8) is 0 Å². The highest BCUT2D eigenvalue weighted by atomic mass is 79.9. The summed E-state index contributed by atoms with van der Waals surface area (Å²) in [6.07, 6.45) is 11.5. The molecule has 0 aliphatic heterocycles. The summed E-state index contributed by atoms with van der Waals surface area (Å²) in [7, 11) is 3.28. The maximum atomic E-state index is 11.8. The average Bonchev–Trinajstić information content (AvgIpc) is 3.09. The number of halogens is 1. The molecule has 0 radical (unpaired) electrons. The number of rotatable bonds is 4. The molecule has 0 saturated heterocycles. The van der Waals surface area contributed by atoms with E-state index in [1.165, 1.54) is 24.8 Å². The lowest BCUT2D eigenvalue weighted by Crippen LogP contribution is -2.53. The molecule has 200 valence electrons. The normalized spacial score (nSPS) is 37.1. The standard InChI is InChI=1S/C20H30O2.C10H14BrNO2/c1-18-9-6-14(21)12-13(18)4-5-15-16(18)7-10-19(2)17(15)8-11-20(19,3)22;1-13-9-6-8(11)10(14-2)5-7(9)3-4-12/h12,15-17,22H,4-11H2,1-3H3;5-6H,3-4,12H2,1-2H3/t15-,16+,17+,18+,19+,20+;/m1./s1. The predicted molar refractivity (Wildman–Crippen MR) is 147 cm³/mol. The fourth-order valence-corrected chi connectivity index (χ4v) is 8.56. The summed E-state index contributed by atoms with van der Waals surface area (Å²) < 4.78 is 11.3. The van der Waals surface area contributed by atoms with Crippen LogP contribution in [0.4, 0.5) is 0 Å². The SMILES string of the molecule is COc1cc(CCN)c(OC)cc1Br.C[C@]12CCC(=O)C=C1CC[C@@H]1[C@@H]2CC[C@@]2(C)[C@H]1CC[C@]2(C)O. The van der Waals surface area contributed by atoms with Crippen molar-refractivity contribution in [2.24, 2.45) is 34.3 Å². The summed E-state index contributed by atoms with van der Waals surface area (Å²) in [6.45, 7) is 7.44. The quantitative estimate of drug-likeness (QED) is 0.454. The number of ketones is 1. The van der Waals surface area contributed by atoms with Gasteiger partial charge >= 0.3 is 0 Å². The summed E-state index contributed by atoms with van der Waals surface area (Å²) in [5.74, 6) is 4.14. The lowest BCUT2D eigenvalue weighted by atomic mass is 9.46. The fraction of sp³-hybridized carbons (Fsp3) is 0.700. The molecule has 1 aromatic carbocycles. The van der Waals surface area contributed by atoms with Crippen LogP contribution in [0.1, 0.15) is 77.7 Å². The van der Waals surface area contributed by atoms with Gasteiger partial charge in [-0.1, -0.05) is 19.4 Å². The molecule has 6 atom stereocenters. The third-order valence-corrected chi connectivity index (χ3v) is 11.1. The summed E-state index contributed by atoms with van der Waals surface area (Å²) in [6, 6.07) is 3.83. The van der Waals surface area contributed by atoms with Gasteiger partial charge in [0.05, 0.1) is 24.3 Å². The molecule has 3 N–H and O–H groups in total. The first-order chi connectivity index (χ1) is 17.0. The highest BCUT2D eigenvalue weighted by molar-refractivity contribution is 9.10. The maximum absolute atomic E-state index is 11.8. The lowest BCUT2D eigenvalue weighted by Gasteiger charge is -2.58. The summed E-state index contributed by atoms with van der Waals surface area (Å²) >= 11 is 3.40. The molecule has 5 nitrogen and oxygen atoms in total. The predicted octanol–water partition coefficient (Wildman–Crippen LogP) is 6.24. The third kappa shape index (κ3) is 4.67. The van der Waals surface area contributed by atoms with Crippen LogP contribution < -0.4 is 15.2 Å². The van der Waals surface area contributed by atoms with Crippen LogP contribution in [0, 0.1) is 28.6 Å². The average molecular weight is 563 g/mol. The van der Waals surface area contributed by atoms with E-state index in [4.69, 9.17) is 15.2 Å². The van der Waals surface area contributed by atoms with Crippen LogP contribution in [0.15, 0.2) is 28.3 Å². The minimum Gasteiger partial charge on any atom is -0.496 e. The number of methoxy groups -OCH3 is 2. The van der Waals surface area contributed by atoms with Crippen molar-refractivity contribution in [3.05, 3.63) is 33.8 Å². The molecule has 36 heavy (non-hydrogen) atoms. The highest BCUT2D eigenvalue weighted by Crippen LogP contribution is 2.67. The zero-order valence-electron chi connectivity index (χ0n) is 22.7. The number of aliphatic hydroxyl groups is 1. The number of hydrogen-bond donors (Lipinski definition) is 2. The summed E-state index contributed by atoms with van der Waals surface area (Å²) in [4.78, 5) is 11.8. The Hall–Kier alpha value is -1.37. The van der Waals surface area contributed by atoms with E-state index in [-0.39, 0.29) is 10.8 Å². The molecule has 4 aliphatic rings. The molecule has 4 aliphatic carbocycles. The van der Waals surface area contributed by atoms with E-state index in [0.29, 0.717) is 18.2 Å². The third-order valence-electron chi connectivity index (χ3n) is 10.5. The molecule has 0 unspecified atom stereocenters. The molecule has 0 aromatic heterocycles. The van der Waals surface area contributed by atoms with Crippen molar-refractivity contribution in [2.45, 2.75) is 84.2 Å². The van der Waals surface area contributed by atoms with Crippen molar-refractivity contribution in [2.75, 3.05) is 20.8 Å². The van der Waals surface area contributed by atoms with Gasteiger partial charge in [-0.3, -0.25) is 4.79 Å². The van der Waals surface area contributed by atoms with Gasteiger partial charge in [0.1, 0.15) is 11.5 Å². The molecular formula is C30H44BrNO4. The van der Waals surface area contributed by atoms with Crippen LogP contribution in [0.25, 0.3) is 0 Å². The Bertz CT molecular complexity index is 1020. The van der Waals surface area contributed by atoms with Crippen LogP contribution in [-0.4, -0.2) is 37.3 Å². The first-order valence-electron chi connectivity index (χ1n) is 13.6. The van der Waals surface area contributed by atoms with E-state index in [9.17, 15) is 9.90 Å². The van der Waals surface area contributed by atoms with Gasteiger partial charge in [-0.2, -0.15) is 0 Å². The van der Waals surface area contributed by atoms with Gasteiger partial charge in [-0.05, 0) is 133 Å². The van der Waals surface area contributed by atoms with E-state index >= 15 is 0 Å². The number of nitrogens with two attached hydrogens (primary N) is 1. The number of benzene rings is 1. The molecule has 0 bridgehead atoms. The maximum Gasteiger partial charge on any atom is 0.155 e. The lowest BCUT2D eigenvalue weighted by molar-refractivity contribution is -0.124. The topological polar surface area (TPSA) is 81.8 Å². The second-order valence-corrected chi connectivity index (χ2v) is 12.9. The van der Waals surface area contributed by atoms with Gasteiger partial charge in [0, 0.05) is 6.42 Å². The van der Waals surface area contributed by atoms with Crippen molar-refractivity contribution in [1.29, 1.82) is 0 Å². The molecular weight excluding hydrogens is 518 g/mol. The zero-order chi connectivity index (χ0) is 26.3. The minimum absolute atomic E-state index is 0.107. The fourth-order valence-electron chi connectivity index (χ4n) is 8.08. The van der Waals surface area contributed by atoms with Gasteiger partial charge in [-0.25, -0.2) is 0 Å². The first kappa shape index (κ1) is 27.7. The van der Waals surface area contributed by atoms with E-state index < -0.39 is 5.60 Å². The Kier molecular flexibility index (Phi) is 8.00. The molecule has 5 rings (SSSR count). The van der Waals surface area contributed by atoms with E-state index in [1.807, 2.05) is 18.2 Å². The number of ether oxygens (including phenoxy) is 2. The molecule has 0 heterocycles. The largest absolute Gasteiger partial charge is 0.496 e. The van der Waals surface area contributed by atoms with Gasteiger partial charge < -0.3 is 20.3 Å². The van der Waals surface area contributed by atoms with Crippen LogP contribution in [0.2, 0.25) is 0 Å². The van der Waals surface area contributed by atoms with Gasteiger partial charge in [-0.15, -0.1) is 0 Å². The minimum atomic E-state index is -0.484. The van der Waals surface area contributed by atoms with Gasteiger partial charge in [0.25, 0.3) is 0 Å². The number of carbonyl (C=O) groups is 1. The summed E-state index contributed by atoms with van der Waals surface area (Å²) in [5.41, 5.74) is 7.89. The Labute approximate surface area is 225 Å². The summed E-state index contributed by atoms with van der Waals surface area (Å²) in [5, 5.41) is 10.9. The number of fused-ring (bicyclic) bond motifs is 5. The molecule has 0 amide bonds. The highest BCUT2D eigenvalue weighted by Gasteiger charge is 2.62. The van der Waals surface area contributed by atoms with E-state index in [1.54, 1.807) is 14.2 Å². The van der Waals surface area contributed by atoms with Gasteiger partial charge in [0.15, 0.2) is 5.78 Å². The second kappa shape index (κ2) is 10.4. The Balaban J connectivity index is 0.000000189. The molecule has 0 spiro atoms. The van der Waals surface area contributed by atoms with Gasteiger partial charge in [0.2, 0.25) is 0 Å². The Morgan fingerprint density at radius 2 is 1.69 bits per heavy atom. The molecule has 3 saturated carbocycles. The number of carbonyl (C=O) groups excluding carboxylic acids is 1. The van der Waals surface area contributed by atoms with E-state index in [2.05, 4.69) is 36.7 Å². The zero-order valence-corrected chi connectivity index (χ0v) is 24.2. The van der Waals surface area contributed by atoms with Crippen LogP contribution in [0.5, 0.6) is 11.5 Å². The Morgan fingerprint density at radius 3 is 2.36 bits per heavy atom. The Morgan fingerprint density at radius 1 is 1.00 bits per heavy atom. The first-order valence-corrected chi connectivity index (χ1v) is 14.4. The molecule has 3 fully saturated rings. The van der Waals surface area contributed by atoms with Crippen LogP contribution >= 0.6 is 15.9 Å². The number of allylic oxidation sites excluding steroid dienone is 1. The van der Waals surface area contributed by atoms with Crippen LogP contribution in [-0.2, 0) is 11.2 Å². The van der Waals surface area contributed by atoms with Crippen molar-refractivity contribution < 1.29 is 19.4 Å². The second-order valence-electron chi connectivity index (χ2n) is 12.1. The van der Waals surface area contributed by atoms with Crippen molar-refractivity contribution in [3.8, 4) is 11.5 Å².